The molecular formula is C60H68ClN7O11S3. The van der Waals surface area contributed by atoms with E-state index in [1.54, 1.807) is 66.0 Å². The van der Waals surface area contributed by atoms with Crippen molar-refractivity contribution in [2.75, 3.05) is 58.7 Å². The average Bonchev–Trinajstić information content (AvgIpc) is 1.86. The number of benzene rings is 6. The maximum atomic E-state index is 14.4. The lowest BCUT2D eigenvalue weighted by Gasteiger charge is -2.36. The first-order chi connectivity index (χ1) is 39.5. The minimum atomic E-state index is -4.07. The van der Waals surface area contributed by atoms with Crippen LogP contribution in [0.15, 0.2) is 137 Å². The van der Waals surface area contributed by atoms with E-state index in [2.05, 4.69) is 21.3 Å². The van der Waals surface area contributed by atoms with Gasteiger partial charge in [0.2, 0.25) is 20.0 Å². The Bertz CT molecular complexity index is 3440. The van der Waals surface area contributed by atoms with E-state index in [0.717, 1.165) is 63.6 Å². The molecule has 1 saturated carbocycles. The number of halogens is 1. The van der Waals surface area contributed by atoms with Gasteiger partial charge >= 0.3 is 5.97 Å². The molecule has 2 fully saturated rings. The normalized spacial score (nSPS) is 15.6. The number of hydrogen-bond donors (Lipinski definition) is 7. The predicted octanol–water partition coefficient (Wildman–Crippen LogP) is 8.53. The first-order valence-electron chi connectivity index (χ1n) is 27.4. The lowest BCUT2D eigenvalue weighted by Crippen LogP contribution is -2.39. The second-order valence-corrected chi connectivity index (χ2v) is 25.3. The number of nitrogens with one attached hydrogen (secondary N) is 4. The summed E-state index contributed by atoms with van der Waals surface area (Å²) in [6.45, 7) is 4.28. The number of nitrogens with two attached hydrogens (primary N) is 1. The number of sulfonamides is 2. The van der Waals surface area contributed by atoms with Crippen molar-refractivity contribution in [2.24, 2.45) is 5.92 Å². The number of nitrogen functional groups attached to an aromatic ring is 1. The number of carbonyl (C=O) groups is 2. The predicted molar refractivity (Wildman–Crippen MR) is 317 cm³/mol. The third-order valence-electron chi connectivity index (χ3n) is 15.1. The van der Waals surface area contributed by atoms with Crippen molar-refractivity contribution >= 4 is 66.5 Å². The van der Waals surface area contributed by atoms with Gasteiger partial charge in [-0.05, 0) is 160 Å². The summed E-state index contributed by atoms with van der Waals surface area (Å²) in [7, 11) is -6.27. The molecule has 22 heteroatoms. The number of esters is 1. The summed E-state index contributed by atoms with van der Waals surface area (Å²) < 4.78 is 77.4. The Labute approximate surface area is 489 Å². The van der Waals surface area contributed by atoms with Crippen LogP contribution in [-0.4, -0.2) is 112 Å². The lowest BCUT2D eigenvalue weighted by atomic mass is 9.77. The molecule has 82 heavy (non-hydrogen) atoms. The minimum absolute atomic E-state index is 0.00279. The van der Waals surface area contributed by atoms with Gasteiger partial charge in [-0.25, -0.2) is 21.6 Å². The second kappa shape index (κ2) is 26.6. The van der Waals surface area contributed by atoms with Crippen molar-refractivity contribution in [2.45, 2.75) is 85.9 Å². The van der Waals surface area contributed by atoms with Gasteiger partial charge in [0, 0.05) is 98.6 Å². The van der Waals surface area contributed by atoms with Gasteiger partial charge in [0.25, 0.3) is 5.91 Å². The minimum Gasteiger partial charge on any atom is -0.508 e. The number of phenols is 2. The Morgan fingerprint density at radius 2 is 1.35 bits per heavy atom. The summed E-state index contributed by atoms with van der Waals surface area (Å²) in [5.74, 6) is 0.219. The maximum Gasteiger partial charge on any atom is 0.340 e. The molecule has 0 aromatic heterocycles. The molecular weight excluding hydrogens is 1130 g/mol. The summed E-state index contributed by atoms with van der Waals surface area (Å²) in [4.78, 5) is 25.5. The summed E-state index contributed by atoms with van der Waals surface area (Å²) in [5.41, 5.74) is 9.65. The molecule has 4 aliphatic rings. The lowest BCUT2D eigenvalue weighted by molar-refractivity contribution is 0.0224. The zero-order chi connectivity index (χ0) is 58.0. The first kappa shape index (κ1) is 59.8. The van der Waals surface area contributed by atoms with E-state index in [0.29, 0.717) is 87.7 Å². The summed E-state index contributed by atoms with van der Waals surface area (Å²) in [6.07, 6.45) is 6.51. The Kier molecular flexibility index (Phi) is 19.4. The van der Waals surface area contributed by atoms with E-state index >= 15 is 0 Å². The molecule has 1 aliphatic carbocycles. The van der Waals surface area contributed by atoms with E-state index < -0.39 is 31.6 Å². The highest BCUT2D eigenvalue weighted by molar-refractivity contribution is 7.89. The molecule has 1 spiro atoms. The van der Waals surface area contributed by atoms with E-state index in [9.17, 15) is 36.6 Å². The number of nitrogens with zero attached hydrogens (tertiary/aromatic N) is 2. The molecule has 3 heterocycles. The van der Waals surface area contributed by atoms with Crippen molar-refractivity contribution in [1.29, 1.82) is 0 Å². The molecule has 434 valence electrons. The molecule has 0 bridgehead atoms. The van der Waals surface area contributed by atoms with Crippen LogP contribution in [0, 0.1) is 5.92 Å². The number of rotatable bonds is 20. The Morgan fingerprint density at radius 1 is 0.756 bits per heavy atom. The fourth-order valence-electron chi connectivity index (χ4n) is 10.9. The van der Waals surface area contributed by atoms with Crippen molar-refractivity contribution in [1.82, 2.24) is 29.9 Å². The quantitative estimate of drug-likeness (QED) is 0.0164. The zero-order valence-corrected chi connectivity index (χ0v) is 48.6. The molecule has 0 unspecified atom stereocenters. The molecule has 3 aliphatic heterocycles. The van der Waals surface area contributed by atoms with Crippen molar-refractivity contribution < 1.29 is 50.8 Å². The van der Waals surface area contributed by atoms with Gasteiger partial charge < -0.3 is 51.4 Å². The van der Waals surface area contributed by atoms with Crippen molar-refractivity contribution in [3.63, 3.8) is 0 Å². The first-order valence-corrected chi connectivity index (χ1v) is 31.1. The zero-order valence-electron chi connectivity index (χ0n) is 45.4. The fourth-order valence-corrected chi connectivity index (χ4v) is 14.3. The van der Waals surface area contributed by atoms with Crippen LogP contribution in [0.3, 0.4) is 0 Å². The van der Waals surface area contributed by atoms with Crippen LogP contribution in [-0.2, 0) is 48.2 Å². The Hall–Kier alpha value is -6.82. The van der Waals surface area contributed by atoms with Gasteiger partial charge in [-0.2, -0.15) is 8.61 Å². The molecule has 8 N–H and O–H groups in total. The van der Waals surface area contributed by atoms with Crippen LogP contribution in [0.5, 0.6) is 23.0 Å². The molecule has 1 saturated heterocycles. The number of anilines is 1. The van der Waals surface area contributed by atoms with Gasteiger partial charge in [0.15, 0.2) is 10.7 Å². The van der Waals surface area contributed by atoms with Crippen molar-refractivity contribution in [3.8, 4) is 23.0 Å². The molecule has 0 atom stereocenters. The van der Waals surface area contributed by atoms with Crippen LogP contribution in [0.1, 0.15) is 99.9 Å². The number of amides is 1. The third kappa shape index (κ3) is 13.6. The summed E-state index contributed by atoms with van der Waals surface area (Å²) >= 11 is 11.1. The number of aromatic hydroxyl groups is 2. The number of hydrogen-bond acceptors (Lipinski definition) is 14. The highest BCUT2D eigenvalue weighted by atomic mass is 35.5. The van der Waals surface area contributed by atoms with Crippen LogP contribution in [0.4, 0.5) is 5.69 Å². The number of ether oxygens (including phenoxy) is 3. The third-order valence-corrected chi connectivity index (χ3v) is 19.4. The molecule has 6 aromatic rings. The largest absolute Gasteiger partial charge is 0.508 e. The van der Waals surface area contributed by atoms with Crippen LogP contribution in [0.25, 0.3) is 0 Å². The van der Waals surface area contributed by atoms with E-state index in [-0.39, 0.29) is 64.5 Å². The van der Waals surface area contributed by atoms with E-state index in [1.807, 2.05) is 24.3 Å². The summed E-state index contributed by atoms with van der Waals surface area (Å²) in [5, 5.41) is 33.0. The molecule has 18 nitrogen and oxygen atoms in total. The fraction of sp³-hybridized carbons (Fsp3) is 0.350. The molecule has 0 radical (unpaired) electrons. The highest BCUT2D eigenvalue weighted by Crippen LogP contribution is 2.57. The smallest absolute Gasteiger partial charge is 0.340 e. The summed E-state index contributed by atoms with van der Waals surface area (Å²) in [6, 6.07) is 34.1. The van der Waals surface area contributed by atoms with Gasteiger partial charge in [-0.15, -0.1) is 0 Å². The standard InChI is InChI=1S/C40H56ClN7O6S3.C20H12O5/c1-43-40(55)46-21-5-25-54-24-4-20-45-39(49)37-17-10-32(26-38(37)42)28-47(27-31-18-22-44-23-19-31)56(50,51)35-13-15-36(16-14-35)57(52,53)48(34-6-2-3-7-34)29-30-8-11-33(41)12-9-30;21-11-5-7-15-17(9-11)24-18-10-12(22)6-8-16(18)20(15)14-4-2-1-3-13(14)19(23)25-20/h8-17,26,31,34,44H,2-7,18-25,27-29,42H2,1H3,(H,45,49)(H2,43,46,55);1-10,21-22H. The molecule has 6 aromatic carbocycles. The van der Waals surface area contributed by atoms with Crippen LogP contribution >= 0.6 is 23.8 Å². The number of carbonyl (C=O) groups excluding carboxylic acids is 2. The Morgan fingerprint density at radius 3 is 1.98 bits per heavy atom. The van der Waals surface area contributed by atoms with Crippen molar-refractivity contribution in [3.05, 3.63) is 171 Å². The van der Waals surface area contributed by atoms with E-state index in [4.69, 9.17) is 43.8 Å². The SMILES string of the molecule is CNC(=S)NCCCOCCCNC(=O)c1ccc(CN(CC2CCNCC2)S(=O)(=O)c2ccc(S(=O)(=O)N(Cc3ccc(Cl)cc3)C3CCCC3)cc2)cc1N.O=C1OC2(c3ccc(O)cc3Oc3cc(O)ccc32)c2ccccc21. The molecule has 10 rings (SSSR count). The van der Waals surface area contributed by atoms with Gasteiger partial charge in [0.05, 0.1) is 20.9 Å². The molecule has 1 amide bonds. The average molecular weight is 1190 g/mol. The van der Waals surface area contributed by atoms with Crippen LogP contribution < -0.4 is 31.7 Å². The number of fused-ring (bicyclic) bond motifs is 6. The highest BCUT2D eigenvalue weighted by Gasteiger charge is 2.53. The topological polar surface area (TPSA) is 251 Å². The maximum absolute atomic E-state index is 14.4. The Balaban J connectivity index is 0.000000265. The van der Waals surface area contributed by atoms with Gasteiger partial charge in [-0.3, -0.25) is 4.79 Å². The monoisotopic (exact) mass is 1190 g/mol. The number of phenolic OH excluding ortho intramolecular Hbond substituents is 2. The van der Waals surface area contributed by atoms with Crippen LogP contribution in [0.2, 0.25) is 5.02 Å². The van der Waals surface area contributed by atoms with Gasteiger partial charge in [-0.1, -0.05) is 60.8 Å². The number of thiocarbonyl (C=S) groups is 1. The van der Waals surface area contributed by atoms with Gasteiger partial charge in [0.1, 0.15) is 23.0 Å². The second-order valence-electron chi connectivity index (χ2n) is 20.7. The van der Waals surface area contributed by atoms with E-state index in [1.165, 1.54) is 52.8 Å². The number of piperidine rings is 1.